The van der Waals surface area contributed by atoms with E-state index >= 15 is 0 Å². The SMILES string of the molecule is COc1cccc(C2(C(=O)NCC(O)c3ccsc3)CCCC2)c1. The number of carbonyl (C=O) groups excluding carboxylic acids is 1. The van der Waals surface area contributed by atoms with Gasteiger partial charge in [-0.25, -0.2) is 0 Å². The van der Waals surface area contributed by atoms with Crippen LogP contribution in [0.25, 0.3) is 0 Å². The van der Waals surface area contributed by atoms with E-state index in [0.717, 1.165) is 42.6 Å². The smallest absolute Gasteiger partial charge is 0.230 e. The average molecular weight is 345 g/mol. The number of hydrogen-bond acceptors (Lipinski definition) is 4. The Balaban J connectivity index is 1.76. The van der Waals surface area contributed by atoms with Crippen molar-refractivity contribution in [1.82, 2.24) is 5.32 Å². The van der Waals surface area contributed by atoms with Crippen LogP contribution in [0.3, 0.4) is 0 Å². The van der Waals surface area contributed by atoms with Crippen LogP contribution in [-0.4, -0.2) is 24.7 Å². The number of hydrogen-bond donors (Lipinski definition) is 2. The van der Waals surface area contributed by atoms with Gasteiger partial charge >= 0.3 is 0 Å². The minimum atomic E-state index is -0.663. The van der Waals surface area contributed by atoms with E-state index in [0.29, 0.717) is 0 Å². The molecule has 1 fully saturated rings. The summed E-state index contributed by atoms with van der Waals surface area (Å²) < 4.78 is 5.32. The monoisotopic (exact) mass is 345 g/mol. The zero-order valence-electron chi connectivity index (χ0n) is 13.8. The van der Waals surface area contributed by atoms with E-state index in [2.05, 4.69) is 5.32 Å². The van der Waals surface area contributed by atoms with Gasteiger partial charge in [0.15, 0.2) is 0 Å². The summed E-state index contributed by atoms with van der Waals surface area (Å²) in [6.07, 6.45) is 3.08. The number of methoxy groups -OCH3 is 1. The average Bonchev–Trinajstić information content (AvgIpc) is 3.31. The van der Waals surface area contributed by atoms with Crippen molar-refractivity contribution in [2.45, 2.75) is 37.2 Å². The van der Waals surface area contributed by atoms with E-state index in [1.165, 1.54) is 0 Å². The lowest BCUT2D eigenvalue weighted by molar-refractivity contribution is -0.127. The van der Waals surface area contributed by atoms with Crippen LogP contribution in [0.5, 0.6) is 5.75 Å². The predicted molar refractivity (Wildman–Crippen MR) is 95.4 cm³/mol. The maximum absolute atomic E-state index is 13.0. The third-order valence-corrected chi connectivity index (χ3v) is 5.60. The molecule has 3 rings (SSSR count). The van der Waals surface area contributed by atoms with E-state index in [4.69, 9.17) is 4.74 Å². The summed E-state index contributed by atoms with van der Waals surface area (Å²) in [4.78, 5) is 13.0. The second kappa shape index (κ2) is 7.36. The first kappa shape index (κ1) is 17.0. The fourth-order valence-electron chi connectivity index (χ4n) is 3.49. The first-order valence-electron chi connectivity index (χ1n) is 8.29. The number of aliphatic hydroxyl groups is 1. The Kier molecular flexibility index (Phi) is 5.21. The number of benzene rings is 1. The molecular formula is C19H23NO3S. The Labute approximate surface area is 146 Å². The van der Waals surface area contributed by atoms with E-state index in [-0.39, 0.29) is 12.5 Å². The van der Waals surface area contributed by atoms with E-state index in [9.17, 15) is 9.90 Å². The maximum Gasteiger partial charge on any atom is 0.230 e. The lowest BCUT2D eigenvalue weighted by Gasteiger charge is -2.29. The van der Waals surface area contributed by atoms with Crippen LogP contribution < -0.4 is 10.1 Å². The molecule has 4 nitrogen and oxygen atoms in total. The lowest BCUT2D eigenvalue weighted by Crippen LogP contribution is -2.44. The van der Waals surface area contributed by atoms with Crippen LogP contribution in [0, 0.1) is 0 Å². The minimum Gasteiger partial charge on any atom is -0.497 e. The summed E-state index contributed by atoms with van der Waals surface area (Å²) >= 11 is 1.54. The van der Waals surface area contributed by atoms with Gasteiger partial charge in [0.2, 0.25) is 5.91 Å². The van der Waals surface area contributed by atoms with Gasteiger partial charge in [-0.05, 0) is 52.9 Å². The van der Waals surface area contributed by atoms with Gasteiger partial charge in [-0.3, -0.25) is 4.79 Å². The number of nitrogens with one attached hydrogen (secondary N) is 1. The summed E-state index contributed by atoms with van der Waals surface area (Å²) in [6, 6.07) is 9.67. The summed E-state index contributed by atoms with van der Waals surface area (Å²) in [5.74, 6) is 0.771. The van der Waals surface area contributed by atoms with E-state index < -0.39 is 11.5 Å². The van der Waals surface area contributed by atoms with Crippen molar-refractivity contribution in [3.8, 4) is 5.75 Å². The molecule has 2 N–H and O–H groups in total. The number of amides is 1. The molecule has 1 aromatic heterocycles. The molecule has 0 radical (unpaired) electrons. The Bertz CT molecular complexity index is 678. The summed E-state index contributed by atoms with van der Waals surface area (Å²) in [5, 5.41) is 17.0. The van der Waals surface area contributed by atoms with Crippen molar-refractivity contribution >= 4 is 17.2 Å². The Morgan fingerprint density at radius 3 is 2.83 bits per heavy atom. The number of rotatable bonds is 6. The molecule has 0 saturated heterocycles. The predicted octanol–water partition coefficient (Wildman–Crippen LogP) is 3.42. The van der Waals surface area contributed by atoms with Gasteiger partial charge in [0.1, 0.15) is 5.75 Å². The van der Waals surface area contributed by atoms with Gasteiger partial charge in [-0.2, -0.15) is 11.3 Å². The zero-order chi connectivity index (χ0) is 17.0. The highest BCUT2D eigenvalue weighted by Crippen LogP contribution is 2.42. The van der Waals surface area contributed by atoms with Crippen molar-refractivity contribution in [3.63, 3.8) is 0 Å². The first-order valence-corrected chi connectivity index (χ1v) is 9.23. The first-order chi connectivity index (χ1) is 11.7. The van der Waals surface area contributed by atoms with Gasteiger partial charge in [0.05, 0.1) is 18.6 Å². The molecule has 2 aromatic rings. The van der Waals surface area contributed by atoms with Gasteiger partial charge in [0, 0.05) is 6.54 Å². The molecule has 1 aliphatic carbocycles. The standard InChI is InChI=1S/C19H23NO3S/c1-23-16-6-4-5-15(11-16)19(8-2-3-9-19)18(22)20-12-17(21)14-7-10-24-13-14/h4-7,10-11,13,17,21H,2-3,8-9,12H2,1H3,(H,20,22). The largest absolute Gasteiger partial charge is 0.497 e. The van der Waals surface area contributed by atoms with Crippen molar-refractivity contribution in [1.29, 1.82) is 0 Å². The Hall–Kier alpha value is -1.85. The van der Waals surface area contributed by atoms with Gasteiger partial charge in [-0.15, -0.1) is 0 Å². The molecule has 1 saturated carbocycles. The normalized spacial score (nSPS) is 17.4. The molecule has 1 atom stereocenters. The molecular weight excluding hydrogens is 322 g/mol. The van der Waals surface area contributed by atoms with Crippen molar-refractivity contribution in [2.75, 3.05) is 13.7 Å². The third kappa shape index (κ3) is 3.32. The van der Waals surface area contributed by atoms with Crippen LogP contribution in [0.15, 0.2) is 41.1 Å². The lowest BCUT2D eigenvalue weighted by atomic mass is 9.78. The molecule has 0 bridgehead atoms. The van der Waals surface area contributed by atoms with Crippen molar-refractivity contribution in [3.05, 3.63) is 52.2 Å². The molecule has 5 heteroatoms. The number of ether oxygens (including phenoxy) is 1. The minimum absolute atomic E-state index is 0.00235. The summed E-state index contributed by atoms with van der Waals surface area (Å²) in [5.41, 5.74) is 1.34. The number of aliphatic hydroxyl groups excluding tert-OH is 1. The topological polar surface area (TPSA) is 58.6 Å². The second-order valence-electron chi connectivity index (χ2n) is 6.30. The summed E-state index contributed by atoms with van der Waals surface area (Å²) in [6.45, 7) is 0.237. The Morgan fingerprint density at radius 2 is 2.17 bits per heavy atom. The molecule has 0 aliphatic heterocycles. The van der Waals surface area contributed by atoms with Gasteiger partial charge < -0.3 is 15.2 Å². The molecule has 1 heterocycles. The molecule has 1 unspecified atom stereocenters. The number of thiophene rings is 1. The van der Waals surface area contributed by atoms with Gasteiger partial charge in [0.25, 0.3) is 0 Å². The number of carbonyl (C=O) groups is 1. The third-order valence-electron chi connectivity index (χ3n) is 4.90. The molecule has 24 heavy (non-hydrogen) atoms. The highest BCUT2D eigenvalue weighted by atomic mass is 32.1. The van der Waals surface area contributed by atoms with Crippen molar-refractivity contribution < 1.29 is 14.6 Å². The highest BCUT2D eigenvalue weighted by Gasteiger charge is 2.42. The van der Waals surface area contributed by atoms with Crippen molar-refractivity contribution in [2.24, 2.45) is 0 Å². The van der Waals surface area contributed by atoms with Crippen LogP contribution in [0.1, 0.15) is 42.9 Å². The molecule has 1 aromatic carbocycles. The summed E-state index contributed by atoms with van der Waals surface area (Å²) in [7, 11) is 1.64. The Morgan fingerprint density at radius 1 is 1.38 bits per heavy atom. The van der Waals surface area contributed by atoms with Gasteiger partial charge in [-0.1, -0.05) is 25.0 Å². The van der Waals surface area contributed by atoms with Crippen LogP contribution >= 0.6 is 11.3 Å². The highest BCUT2D eigenvalue weighted by molar-refractivity contribution is 7.07. The quantitative estimate of drug-likeness (QED) is 0.843. The molecule has 1 amide bonds. The fourth-order valence-corrected chi connectivity index (χ4v) is 4.19. The van der Waals surface area contributed by atoms with Crippen LogP contribution in [-0.2, 0) is 10.2 Å². The fraction of sp³-hybridized carbons (Fsp3) is 0.421. The maximum atomic E-state index is 13.0. The molecule has 0 spiro atoms. The van der Waals surface area contributed by atoms with E-state index in [1.807, 2.05) is 41.1 Å². The molecule has 128 valence electrons. The van der Waals surface area contributed by atoms with Crippen LogP contribution in [0.2, 0.25) is 0 Å². The second-order valence-corrected chi connectivity index (χ2v) is 7.08. The zero-order valence-corrected chi connectivity index (χ0v) is 14.6. The molecule has 1 aliphatic rings. The van der Waals surface area contributed by atoms with Crippen LogP contribution in [0.4, 0.5) is 0 Å². The van der Waals surface area contributed by atoms with E-state index in [1.54, 1.807) is 18.4 Å².